The van der Waals surface area contributed by atoms with Crippen LogP contribution in [0.15, 0.2) is 24.3 Å². The van der Waals surface area contributed by atoms with E-state index in [0.717, 1.165) is 6.29 Å². The van der Waals surface area contributed by atoms with Gasteiger partial charge in [-0.05, 0) is 31.2 Å². The number of nitrogens with one attached hydrogen (secondary N) is 2. The predicted octanol–water partition coefficient (Wildman–Crippen LogP) is 0.130. The second-order valence-electron chi connectivity index (χ2n) is 3.71. The monoisotopic (exact) mass is 264 g/mol. The van der Waals surface area contributed by atoms with Gasteiger partial charge in [-0.1, -0.05) is 0 Å². The van der Waals surface area contributed by atoms with Gasteiger partial charge >= 0.3 is 0 Å². The van der Waals surface area contributed by atoms with E-state index in [2.05, 4.69) is 10.6 Å². The van der Waals surface area contributed by atoms with Gasteiger partial charge in [0.2, 0.25) is 5.91 Å². The van der Waals surface area contributed by atoms with Gasteiger partial charge in [-0.3, -0.25) is 14.4 Å². The summed E-state index contributed by atoms with van der Waals surface area (Å²) in [6, 6.07) is 6.38. The number of benzene rings is 1. The summed E-state index contributed by atoms with van der Waals surface area (Å²) in [6.45, 7) is 2.07. The Balaban J connectivity index is 2.29. The van der Waals surface area contributed by atoms with Gasteiger partial charge in [0.1, 0.15) is 12.0 Å². The Kier molecular flexibility index (Phi) is 6.08. The number of aldehydes is 1. The Morgan fingerprint density at radius 3 is 2.42 bits per heavy atom. The highest BCUT2D eigenvalue weighted by Crippen LogP contribution is 2.10. The van der Waals surface area contributed by atoms with Gasteiger partial charge in [-0.15, -0.1) is 0 Å². The number of carbonyl (C=O) groups excluding carboxylic acids is 3. The Labute approximate surface area is 111 Å². The molecular formula is C13H16N2O4. The standard InChI is InChI=1S/C13H16N2O4/c1-2-14-12(17)7-15-13(18)9-19-11-5-3-10(8-16)4-6-11/h3-6,8H,2,7,9H2,1H3,(H,14,17)(H,15,18). The fraction of sp³-hybridized carbons (Fsp3) is 0.308. The molecule has 2 N–H and O–H groups in total. The summed E-state index contributed by atoms with van der Waals surface area (Å²) in [5.74, 6) is -0.143. The summed E-state index contributed by atoms with van der Waals surface area (Å²) in [5.41, 5.74) is 0.535. The van der Waals surface area contributed by atoms with E-state index in [9.17, 15) is 14.4 Å². The number of hydrogen-bond acceptors (Lipinski definition) is 4. The third-order valence-electron chi connectivity index (χ3n) is 2.21. The van der Waals surface area contributed by atoms with Crippen LogP contribution in [0.2, 0.25) is 0 Å². The molecule has 19 heavy (non-hydrogen) atoms. The second-order valence-corrected chi connectivity index (χ2v) is 3.71. The number of ether oxygens (including phenoxy) is 1. The third kappa shape index (κ3) is 5.67. The Morgan fingerprint density at radius 2 is 1.84 bits per heavy atom. The lowest BCUT2D eigenvalue weighted by molar-refractivity contribution is -0.127. The summed E-state index contributed by atoms with van der Waals surface area (Å²) in [5, 5.41) is 4.99. The summed E-state index contributed by atoms with van der Waals surface area (Å²) < 4.78 is 5.20. The molecule has 0 aromatic heterocycles. The molecule has 1 rings (SSSR count). The van der Waals surface area contributed by atoms with Crippen molar-refractivity contribution >= 4 is 18.1 Å². The van der Waals surface area contributed by atoms with E-state index in [-0.39, 0.29) is 25.0 Å². The van der Waals surface area contributed by atoms with Crippen LogP contribution >= 0.6 is 0 Å². The molecule has 1 aromatic carbocycles. The van der Waals surface area contributed by atoms with Crippen molar-refractivity contribution in [1.82, 2.24) is 10.6 Å². The number of likely N-dealkylation sites (N-methyl/N-ethyl adjacent to an activating group) is 1. The van der Waals surface area contributed by atoms with E-state index in [4.69, 9.17) is 4.74 Å². The summed E-state index contributed by atoms with van der Waals surface area (Å²) >= 11 is 0. The minimum absolute atomic E-state index is 0.0693. The third-order valence-corrected chi connectivity index (χ3v) is 2.21. The molecule has 2 amide bonds. The van der Waals surface area contributed by atoms with Crippen LogP contribution in [0.1, 0.15) is 17.3 Å². The van der Waals surface area contributed by atoms with Crippen molar-refractivity contribution in [2.24, 2.45) is 0 Å². The maximum absolute atomic E-state index is 11.4. The van der Waals surface area contributed by atoms with Crippen molar-refractivity contribution in [3.05, 3.63) is 29.8 Å². The van der Waals surface area contributed by atoms with Crippen LogP contribution in [0.3, 0.4) is 0 Å². The van der Waals surface area contributed by atoms with Crippen LogP contribution in [0.25, 0.3) is 0 Å². The lowest BCUT2D eigenvalue weighted by atomic mass is 10.2. The zero-order chi connectivity index (χ0) is 14.1. The van der Waals surface area contributed by atoms with Crippen molar-refractivity contribution < 1.29 is 19.1 Å². The number of hydrogen-bond donors (Lipinski definition) is 2. The molecule has 0 aliphatic heterocycles. The molecule has 1 aromatic rings. The molecule has 0 fully saturated rings. The van der Waals surface area contributed by atoms with Gasteiger partial charge in [0.05, 0.1) is 6.54 Å². The second kappa shape index (κ2) is 7.86. The quantitative estimate of drug-likeness (QED) is 0.686. The van der Waals surface area contributed by atoms with Crippen LogP contribution in [0, 0.1) is 0 Å². The normalized spacial score (nSPS) is 9.53. The summed E-state index contributed by atoms with van der Waals surface area (Å²) in [7, 11) is 0. The van der Waals surface area contributed by atoms with Crippen molar-refractivity contribution in [3.63, 3.8) is 0 Å². The molecule has 0 unspecified atom stereocenters. The molecule has 6 heteroatoms. The molecule has 0 aliphatic rings. The fourth-order valence-electron chi connectivity index (χ4n) is 1.28. The molecule has 0 heterocycles. The average Bonchev–Trinajstić information content (AvgIpc) is 2.44. The Hall–Kier alpha value is -2.37. The lowest BCUT2D eigenvalue weighted by Crippen LogP contribution is -2.38. The van der Waals surface area contributed by atoms with E-state index in [1.807, 2.05) is 0 Å². The van der Waals surface area contributed by atoms with Crippen molar-refractivity contribution in [2.75, 3.05) is 19.7 Å². The minimum atomic E-state index is -0.384. The van der Waals surface area contributed by atoms with Gasteiger partial charge in [0, 0.05) is 12.1 Å². The van der Waals surface area contributed by atoms with E-state index in [1.54, 1.807) is 31.2 Å². The molecule has 0 spiro atoms. The average molecular weight is 264 g/mol. The molecule has 0 bridgehead atoms. The first-order chi connectivity index (χ1) is 9.15. The molecule has 0 saturated carbocycles. The first-order valence-corrected chi connectivity index (χ1v) is 5.87. The Bertz CT molecular complexity index is 442. The van der Waals surface area contributed by atoms with Crippen LogP contribution < -0.4 is 15.4 Å². The van der Waals surface area contributed by atoms with Crippen molar-refractivity contribution in [2.45, 2.75) is 6.92 Å². The van der Waals surface area contributed by atoms with Gasteiger partial charge in [-0.2, -0.15) is 0 Å². The van der Waals surface area contributed by atoms with Gasteiger partial charge in [0.15, 0.2) is 6.61 Å². The maximum atomic E-state index is 11.4. The highest BCUT2D eigenvalue weighted by molar-refractivity contribution is 5.85. The van der Waals surface area contributed by atoms with Crippen molar-refractivity contribution in [1.29, 1.82) is 0 Å². The first-order valence-electron chi connectivity index (χ1n) is 5.87. The fourth-order valence-corrected chi connectivity index (χ4v) is 1.28. The van der Waals surface area contributed by atoms with E-state index >= 15 is 0 Å². The number of carbonyl (C=O) groups is 3. The van der Waals surface area contributed by atoms with Crippen LogP contribution in [-0.4, -0.2) is 37.8 Å². The number of amides is 2. The molecule has 6 nitrogen and oxygen atoms in total. The molecule has 0 radical (unpaired) electrons. The first kappa shape index (κ1) is 14.7. The van der Waals surface area contributed by atoms with E-state index < -0.39 is 0 Å². The topological polar surface area (TPSA) is 84.5 Å². The zero-order valence-electron chi connectivity index (χ0n) is 10.6. The lowest BCUT2D eigenvalue weighted by Gasteiger charge is -2.07. The highest BCUT2D eigenvalue weighted by Gasteiger charge is 2.05. The molecular weight excluding hydrogens is 248 g/mol. The summed E-state index contributed by atoms with van der Waals surface area (Å²) in [4.78, 5) is 32.9. The summed E-state index contributed by atoms with van der Waals surface area (Å²) in [6.07, 6.45) is 0.725. The van der Waals surface area contributed by atoms with Crippen LogP contribution in [0.4, 0.5) is 0 Å². The van der Waals surface area contributed by atoms with Gasteiger partial charge < -0.3 is 15.4 Å². The molecule has 0 atom stereocenters. The molecule has 0 aliphatic carbocycles. The zero-order valence-corrected chi connectivity index (χ0v) is 10.6. The smallest absolute Gasteiger partial charge is 0.258 e. The van der Waals surface area contributed by atoms with E-state index in [0.29, 0.717) is 17.9 Å². The van der Waals surface area contributed by atoms with Gasteiger partial charge in [-0.25, -0.2) is 0 Å². The van der Waals surface area contributed by atoms with E-state index in [1.165, 1.54) is 0 Å². The van der Waals surface area contributed by atoms with Crippen LogP contribution in [-0.2, 0) is 9.59 Å². The SMILES string of the molecule is CCNC(=O)CNC(=O)COc1ccc(C=O)cc1. The molecule has 102 valence electrons. The minimum Gasteiger partial charge on any atom is -0.484 e. The maximum Gasteiger partial charge on any atom is 0.258 e. The molecule has 0 saturated heterocycles. The van der Waals surface area contributed by atoms with Crippen LogP contribution in [0.5, 0.6) is 5.75 Å². The number of rotatable bonds is 7. The predicted molar refractivity (Wildman–Crippen MR) is 69.0 cm³/mol. The van der Waals surface area contributed by atoms with Crippen molar-refractivity contribution in [3.8, 4) is 5.75 Å². The highest BCUT2D eigenvalue weighted by atomic mass is 16.5. The largest absolute Gasteiger partial charge is 0.484 e. The van der Waals surface area contributed by atoms with Gasteiger partial charge in [0.25, 0.3) is 5.91 Å². The Morgan fingerprint density at radius 1 is 1.16 bits per heavy atom.